The normalized spacial score (nSPS) is 12.8. The minimum atomic E-state index is -3.48. The molecule has 0 bridgehead atoms. The highest BCUT2D eigenvalue weighted by molar-refractivity contribution is 7.53. The lowest BCUT2D eigenvalue weighted by Crippen LogP contribution is -2.20. The summed E-state index contributed by atoms with van der Waals surface area (Å²) < 4.78 is 35.6. The van der Waals surface area contributed by atoms with Crippen molar-refractivity contribution < 1.29 is 28.2 Å². The number of benzene rings is 1. The molecule has 0 saturated carbocycles. The number of nitrogens with zero attached hydrogens (tertiary/aromatic N) is 1. The molecule has 2 N–H and O–H groups in total. The number of hydrogen-bond acceptors (Lipinski definition) is 8. The fraction of sp³-hybridized carbons (Fsp3) is 0.476. The van der Waals surface area contributed by atoms with E-state index in [0.717, 1.165) is 5.69 Å². The predicted molar refractivity (Wildman–Crippen MR) is 117 cm³/mol. The molecule has 2 aromatic rings. The first-order chi connectivity index (χ1) is 14.2. The monoisotopic (exact) mass is 438 g/mol. The van der Waals surface area contributed by atoms with E-state index in [1.165, 1.54) is 14.2 Å². The molecule has 1 aromatic heterocycles. The number of phenolic OH excluding ortho intramolecular Hbond substituents is 1. The fourth-order valence-electron chi connectivity index (χ4n) is 2.98. The second-order valence-electron chi connectivity index (χ2n) is 7.31. The van der Waals surface area contributed by atoms with Crippen molar-refractivity contribution in [1.82, 2.24) is 4.98 Å². The number of nitrogens with one attached hydrogen (secondary N) is 1. The Bertz CT molecular complexity index is 821. The van der Waals surface area contributed by atoms with Gasteiger partial charge in [0.25, 0.3) is 0 Å². The van der Waals surface area contributed by atoms with Gasteiger partial charge in [0, 0.05) is 12.4 Å². The van der Waals surface area contributed by atoms with E-state index < -0.39 is 13.6 Å². The van der Waals surface area contributed by atoms with Crippen LogP contribution in [0.4, 0.5) is 5.69 Å². The van der Waals surface area contributed by atoms with Gasteiger partial charge < -0.3 is 28.9 Å². The number of rotatable bonds is 11. The smallest absolute Gasteiger partial charge is 0.333 e. The molecular weight excluding hydrogens is 407 g/mol. The highest BCUT2D eigenvalue weighted by atomic mass is 31.2. The summed E-state index contributed by atoms with van der Waals surface area (Å²) in [5.41, 5.74) is 1.42. The molecule has 1 unspecified atom stereocenters. The van der Waals surface area contributed by atoms with Gasteiger partial charge in [0.1, 0.15) is 0 Å². The van der Waals surface area contributed by atoms with Crippen LogP contribution in [0.3, 0.4) is 0 Å². The van der Waals surface area contributed by atoms with E-state index in [0.29, 0.717) is 5.56 Å². The zero-order valence-corrected chi connectivity index (χ0v) is 19.2. The van der Waals surface area contributed by atoms with E-state index in [-0.39, 0.29) is 35.6 Å². The van der Waals surface area contributed by atoms with Crippen LogP contribution in [0.25, 0.3) is 0 Å². The molecule has 2 rings (SSSR count). The van der Waals surface area contributed by atoms with Crippen molar-refractivity contribution in [2.24, 2.45) is 0 Å². The number of hydrogen-bond donors (Lipinski definition) is 2. The Labute approximate surface area is 178 Å². The number of anilines is 1. The average molecular weight is 438 g/mol. The molecule has 1 heterocycles. The van der Waals surface area contributed by atoms with Gasteiger partial charge >= 0.3 is 7.60 Å². The minimum Gasteiger partial charge on any atom is -0.502 e. The third-order valence-corrected chi connectivity index (χ3v) is 6.35. The van der Waals surface area contributed by atoms with Gasteiger partial charge in [-0.15, -0.1) is 0 Å². The van der Waals surface area contributed by atoms with Crippen LogP contribution in [0, 0.1) is 0 Å². The first kappa shape index (κ1) is 24.0. The largest absolute Gasteiger partial charge is 0.502 e. The first-order valence-electron chi connectivity index (χ1n) is 9.74. The molecular formula is C21H31N2O6P. The van der Waals surface area contributed by atoms with Gasteiger partial charge in [-0.05, 0) is 57.5 Å². The van der Waals surface area contributed by atoms with Gasteiger partial charge in [-0.2, -0.15) is 0 Å². The lowest BCUT2D eigenvalue weighted by molar-refractivity contribution is 0.142. The van der Waals surface area contributed by atoms with Crippen LogP contribution in [0.2, 0.25) is 0 Å². The molecule has 0 saturated heterocycles. The summed E-state index contributed by atoms with van der Waals surface area (Å²) in [6, 6.07) is 6.49. The Balaban J connectivity index is 2.50. The van der Waals surface area contributed by atoms with E-state index in [1.54, 1.807) is 30.6 Å². The lowest BCUT2D eigenvalue weighted by Gasteiger charge is -2.28. The summed E-state index contributed by atoms with van der Waals surface area (Å²) in [5, 5.41) is 13.6. The number of methoxy groups -OCH3 is 2. The zero-order chi connectivity index (χ0) is 22.3. The SMILES string of the molecule is COc1cc(C(CP(=O)(OC(C)C)OC(C)C)Nc2cccnc2)cc(OC)c1O. The number of aromatic hydroxyl groups is 1. The molecule has 1 atom stereocenters. The van der Waals surface area contributed by atoms with Gasteiger partial charge in [0.05, 0.1) is 44.3 Å². The summed E-state index contributed by atoms with van der Waals surface area (Å²) >= 11 is 0. The third kappa shape index (κ3) is 6.62. The molecule has 0 spiro atoms. The first-order valence-corrected chi connectivity index (χ1v) is 11.5. The second-order valence-corrected chi connectivity index (χ2v) is 9.32. The van der Waals surface area contributed by atoms with Gasteiger partial charge in [-0.1, -0.05) is 0 Å². The fourth-order valence-corrected chi connectivity index (χ4v) is 5.23. The Morgan fingerprint density at radius 2 is 1.63 bits per heavy atom. The Hall–Kier alpha value is -2.28. The molecule has 9 heteroatoms. The molecule has 166 valence electrons. The van der Waals surface area contributed by atoms with E-state index in [2.05, 4.69) is 10.3 Å². The van der Waals surface area contributed by atoms with Crippen LogP contribution in [-0.2, 0) is 13.6 Å². The standard InChI is InChI=1S/C21H31N2O6P/c1-14(2)28-30(25,29-15(3)4)13-18(23-17-8-7-9-22-12-17)16-10-19(26-5)21(24)20(11-16)27-6/h7-12,14-15,18,23-24H,13H2,1-6H3. The molecule has 0 fully saturated rings. The van der Waals surface area contributed by atoms with Crippen LogP contribution in [0.1, 0.15) is 39.3 Å². The Morgan fingerprint density at radius 1 is 1.07 bits per heavy atom. The summed E-state index contributed by atoms with van der Waals surface area (Å²) in [7, 11) is -0.567. The number of phenols is 1. The third-order valence-electron chi connectivity index (χ3n) is 4.06. The summed E-state index contributed by atoms with van der Waals surface area (Å²) in [5.74, 6) is 0.377. The van der Waals surface area contributed by atoms with Crippen LogP contribution < -0.4 is 14.8 Å². The molecule has 0 aliphatic heterocycles. The highest BCUT2D eigenvalue weighted by Gasteiger charge is 2.33. The van der Waals surface area contributed by atoms with E-state index in [9.17, 15) is 9.67 Å². The maximum atomic E-state index is 13.6. The highest BCUT2D eigenvalue weighted by Crippen LogP contribution is 2.54. The van der Waals surface area contributed by atoms with Crippen molar-refractivity contribution in [3.05, 3.63) is 42.2 Å². The number of ether oxygens (including phenoxy) is 2. The maximum absolute atomic E-state index is 13.6. The molecule has 0 amide bonds. The van der Waals surface area contributed by atoms with Crippen LogP contribution in [0.5, 0.6) is 17.2 Å². The van der Waals surface area contributed by atoms with Crippen LogP contribution in [0.15, 0.2) is 36.7 Å². The van der Waals surface area contributed by atoms with Gasteiger partial charge in [-0.3, -0.25) is 9.55 Å². The number of aromatic nitrogens is 1. The van der Waals surface area contributed by atoms with E-state index in [1.807, 2.05) is 33.8 Å². The topological polar surface area (TPSA) is 99.1 Å². The molecule has 0 radical (unpaired) electrons. The molecule has 30 heavy (non-hydrogen) atoms. The summed E-state index contributed by atoms with van der Waals surface area (Å²) in [6.45, 7) is 7.25. The molecule has 0 aliphatic rings. The lowest BCUT2D eigenvalue weighted by atomic mass is 10.1. The van der Waals surface area contributed by atoms with Gasteiger partial charge in [0.2, 0.25) is 5.75 Å². The Kier molecular flexibility index (Phi) is 8.53. The Morgan fingerprint density at radius 3 is 2.07 bits per heavy atom. The van der Waals surface area contributed by atoms with Crippen LogP contribution >= 0.6 is 7.60 Å². The van der Waals surface area contributed by atoms with Crippen molar-refractivity contribution in [2.45, 2.75) is 45.9 Å². The second kappa shape index (κ2) is 10.7. The van der Waals surface area contributed by atoms with Crippen molar-refractivity contribution >= 4 is 13.3 Å². The van der Waals surface area contributed by atoms with E-state index >= 15 is 0 Å². The quantitative estimate of drug-likeness (QED) is 0.473. The van der Waals surface area contributed by atoms with Crippen molar-refractivity contribution in [2.75, 3.05) is 25.7 Å². The van der Waals surface area contributed by atoms with Crippen molar-refractivity contribution in [3.63, 3.8) is 0 Å². The van der Waals surface area contributed by atoms with Gasteiger partial charge in [-0.25, -0.2) is 0 Å². The van der Waals surface area contributed by atoms with Crippen LogP contribution in [-0.4, -0.2) is 42.7 Å². The van der Waals surface area contributed by atoms with Crippen molar-refractivity contribution in [1.29, 1.82) is 0 Å². The summed E-state index contributed by atoms with van der Waals surface area (Å²) in [4.78, 5) is 4.12. The van der Waals surface area contributed by atoms with E-state index in [4.69, 9.17) is 18.5 Å². The van der Waals surface area contributed by atoms with Crippen molar-refractivity contribution in [3.8, 4) is 17.2 Å². The number of pyridine rings is 1. The average Bonchev–Trinajstić information content (AvgIpc) is 2.67. The molecule has 0 aliphatic carbocycles. The zero-order valence-electron chi connectivity index (χ0n) is 18.3. The summed E-state index contributed by atoms with van der Waals surface area (Å²) in [6.07, 6.45) is 2.82. The molecule has 8 nitrogen and oxygen atoms in total. The molecule has 1 aromatic carbocycles. The maximum Gasteiger partial charge on any atom is 0.333 e. The van der Waals surface area contributed by atoms with Gasteiger partial charge in [0.15, 0.2) is 11.5 Å². The minimum absolute atomic E-state index is 0.0509. The predicted octanol–water partition coefficient (Wildman–Crippen LogP) is 5.00.